The largest absolute Gasteiger partial charge is 4.00 e. The van der Waals surface area contributed by atoms with Gasteiger partial charge in [-0.3, -0.25) is 0 Å². The van der Waals surface area contributed by atoms with E-state index in [0.29, 0.717) is 0 Å². The summed E-state index contributed by atoms with van der Waals surface area (Å²) in [5, 5.41) is 27.4. The average Bonchev–Trinajstić information content (AvgIpc) is 2.40. The van der Waals surface area contributed by atoms with Crippen LogP contribution in [0.25, 0.3) is 0 Å². The number of carbonyl (C=O) groups is 3. The molecule has 0 N–H and O–H groups in total. The predicted molar refractivity (Wildman–Crippen MR) is 65.9 cm³/mol. The summed E-state index contributed by atoms with van der Waals surface area (Å²) < 4.78 is 0. The van der Waals surface area contributed by atoms with Crippen LogP contribution >= 0.6 is 0 Å². The third kappa shape index (κ3) is 135. The molecule has 0 saturated carbocycles. The Kier molecular flexibility index (Phi) is 47.1. The SMILES string of the molecule is C=CC(=O)[O-].C=CC(=O)[O-].C=CC(=O)[O-].C[CH-]CC.[Ti+4]. The molecule has 0 spiro atoms. The van der Waals surface area contributed by atoms with Crippen LogP contribution in [0.2, 0.25) is 0 Å². The van der Waals surface area contributed by atoms with E-state index >= 15 is 0 Å². The van der Waals surface area contributed by atoms with Gasteiger partial charge in [0.2, 0.25) is 0 Å². The topological polar surface area (TPSA) is 120 Å². The molecule has 110 valence electrons. The summed E-state index contributed by atoms with van der Waals surface area (Å²) in [6, 6.07) is 0. The number of hydrogen-bond acceptors (Lipinski definition) is 6. The molecule has 0 aromatic carbocycles. The molecule has 0 heterocycles. The Morgan fingerprint density at radius 1 is 0.900 bits per heavy atom. The minimum absolute atomic E-state index is 0. The predicted octanol–water partition coefficient (Wildman–Crippen LogP) is -1.62. The first-order valence-electron chi connectivity index (χ1n) is 5.01. The number of hydrogen-bond donors (Lipinski definition) is 0. The van der Waals surface area contributed by atoms with Crippen molar-refractivity contribution >= 4 is 17.9 Å². The molecule has 0 aromatic rings. The van der Waals surface area contributed by atoms with Gasteiger partial charge >= 0.3 is 21.7 Å². The van der Waals surface area contributed by atoms with E-state index < -0.39 is 17.9 Å². The molecule has 20 heavy (non-hydrogen) atoms. The third-order valence-electron chi connectivity index (χ3n) is 0.908. The van der Waals surface area contributed by atoms with E-state index in [-0.39, 0.29) is 21.7 Å². The van der Waals surface area contributed by atoms with Gasteiger partial charge in [-0.1, -0.05) is 26.7 Å². The molecule has 0 unspecified atom stereocenters. The first-order chi connectivity index (χ1) is 8.72. The van der Waals surface area contributed by atoms with E-state index in [1.807, 2.05) is 0 Å². The number of carboxylic acids is 3. The summed E-state index contributed by atoms with van der Waals surface area (Å²) in [5.74, 6) is -3.69. The first-order valence-corrected chi connectivity index (χ1v) is 5.01. The van der Waals surface area contributed by atoms with Crippen LogP contribution in [0.15, 0.2) is 38.0 Å². The molecule has 0 saturated heterocycles. The summed E-state index contributed by atoms with van der Waals surface area (Å²) in [6.45, 7) is 12.9. The summed E-state index contributed by atoms with van der Waals surface area (Å²) in [5.41, 5.74) is 0. The second-order valence-electron chi connectivity index (χ2n) is 2.39. The Morgan fingerprint density at radius 3 is 1.00 bits per heavy atom. The maximum Gasteiger partial charge on any atom is 4.00 e. The van der Waals surface area contributed by atoms with Gasteiger partial charge in [-0.2, -0.15) is 13.3 Å². The Balaban J connectivity index is -0.0000000494. The third-order valence-corrected chi connectivity index (χ3v) is 0.908. The minimum Gasteiger partial charge on any atom is -0.545 e. The summed E-state index contributed by atoms with van der Waals surface area (Å²) in [7, 11) is 0. The van der Waals surface area contributed by atoms with E-state index in [9.17, 15) is 0 Å². The summed E-state index contributed by atoms with van der Waals surface area (Å²) in [6.07, 6.45) is 5.49. The zero-order valence-corrected chi connectivity index (χ0v) is 13.1. The summed E-state index contributed by atoms with van der Waals surface area (Å²) >= 11 is 0. The normalized spacial score (nSPS) is 6.30. The molecule has 0 atom stereocenters. The molecule has 6 nitrogen and oxygen atoms in total. The van der Waals surface area contributed by atoms with Crippen LogP contribution in [-0.2, 0) is 36.1 Å². The molecule has 0 aliphatic heterocycles. The molecular weight excluding hydrogens is 300 g/mol. The Bertz CT molecular complexity index is 242. The van der Waals surface area contributed by atoms with Gasteiger partial charge in [0.15, 0.2) is 0 Å². The van der Waals surface area contributed by atoms with Crippen LogP contribution in [0.1, 0.15) is 20.3 Å². The molecule has 0 rings (SSSR count). The van der Waals surface area contributed by atoms with Crippen molar-refractivity contribution in [2.24, 2.45) is 0 Å². The fraction of sp³-hybridized carbons (Fsp3) is 0.231. The fourth-order valence-electron chi connectivity index (χ4n) is 0. The van der Waals surface area contributed by atoms with Crippen molar-refractivity contribution in [1.82, 2.24) is 0 Å². The van der Waals surface area contributed by atoms with Crippen LogP contribution in [0.5, 0.6) is 0 Å². The van der Waals surface area contributed by atoms with Crippen LogP contribution in [-0.4, -0.2) is 17.9 Å². The van der Waals surface area contributed by atoms with Gasteiger partial charge in [-0.15, -0.1) is 0 Å². The quantitative estimate of drug-likeness (QED) is 0.349. The van der Waals surface area contributed by atoms with Crippen LogP contribution < -0.4 is 15.3 Å². The van der Waals surface area contributed by atoms with Crippen molar-refractivity contribution < 1.29 is 51.4 Å². The van der Waals surface area contributed by atoms with Gasteiger partial charge in [-0.25, -0.2) is 0 Å². The molecule has 7 heteroatoms. The van der Waals surface area contributed by atoms with Gasteiger partial charge in [0.1, 0.15) is 0 Å². The van der Waals surface area contributed by atoms with E-state index in [2.05, 4.69) is 40.0 Å². The number of unbranched alkanes of at least 4 members (excludes halogenated alkanes) is 1. The van der Waals surface area contributed by atoms with Crippen molar-refractivity contribution in [3.8, 4) is 0 Å². The number of aliphatic carboxylic acids is 3. The standard InChI is InChI=1S/C4H9.3C3H4O2.Ti/c1-3-4-2;3*1-2-3(4)5;/h3H,4H2,1-2H3;3*2H,1H2,(H,4,5);/q-1;;;;+4/p-3. The summed E-state index contributed by atoms with van der Waals surface area (Å²) in [4.78, 5) is 27.4. The molecule has 0 radical (unpaired) electrons. The van der Waals surface area contributed by atoms with E-state index in [1.165, 1.54) is 6.42 Å². The van der Waals surface area contributed by atoms with Crippen LogP contribution in [0.4, 0.5) is 0 Å². The Morgan fingerprint density at radius 2 is 1.00 bits per heavy atom. The van der Waals surface area contributed by atoms with Crippen LogP contribution in [0.3, 0.4) is 0 Å². The van der Waals surface area contributed by atoms with Gasteiger partial charge in [0.05, 0.1) is 17.9 Å². The average molecular weight is 318 g/mol. The van der Waals surface area contributed by atoms with E-state index in [4.69, 9.17) is 29.7 Å². The molecule has 0 aliphatic rings. The van der Waals surface area contributed by atoms with Gasteiger partial charge < -0.3 is 36.1 Å². The second-order valence-corrected chi connectivity index (χ2v) is 2.39. The maximum atomic E-state index is 9.14. The molecule has 0 amide bonds. The van der Waals surface area contributed by atoms with Crippen molar-refractivity contribution in [2.75, 3.05) is 0 Å². The zero-order valence-electron chi connectivity index (χ0n) is 11.6. The van der Waals surface area contributed by atoms with Crippen molar-refractivity contribution in [3.63, 3.8) is 0 Å². The van der Waals surface area contributed by atoms with Crippen LogP contribution in [0, 0.1) is 6.42 Å². The van der Waals surface area contributed by atoms with Crippen molar-refractivity contribution in [1.29, 1.82) is 0 Å². The molecular formula is C13H18O6Ti. The fourth-order valence-corrected chi connectivity index (χ4v) is 0. The first kappa shape index (κ1) is 31.0. The Hall–Kier alpha value is -1.66. The monoisotopic (exact) mass is 318 g/mol. The molecule has 0 aliphatic carbocycles. The van der Waals surface area contributed by atoms with E-state index in [1.54, 1.807) is 0 Å². The second kappa shape index (κ2) is 30.4. The number of rotatable bonds is 4. The van der Waals surface area contributed by atoms with E-state index in [0.717, 1.165) is 18.2 Å². The molecule has 0 aromatic heterocycles. The Labute approximate surface area is 134 Å². The zero-order chi connectivity index (χ0) is 16.3. The molecule has 0 bridgehead atoms. The minimum atomic E-state index is -1.23. The van der Waals surface area contributed by atoms with Gasteiger partial charge in [0, 0.05) is 0 Å². The van der Waals surface area contributed by atoms with Crippen molar-refractivity contribution in [2.45, 2.75) is 20.3 Å². The van der Waals surface area contributed by atoms with Gasteiger partial charge in [-0.05, 0) is 18.2 Å². The molecule has 0 fully saturated rings. The van der Waals surface area contributed by atoms with Crippen molar-refractivity contribution in [3.05, 3.63) is 44.4 Å². The number of carboxylic acid groups (broad SMARTS) is 3. The number of carbonyl (C=O) groups excluding carboxylic acids is 3. The van der Waals surface area contributed by atoms with Gasteiger partial charge in [0.25, 0.3) is 0 Å². The maximum absolute atomic E-state index is 9.14. The smallest absolute Gasteiger partial charge is 0.545 e.